The van der Waals surface area contributed by atoms with Gasteiger partial charge in [0.15, 0.2) is 0 Å². The molecule has 0 spiro atoms. The van der Waals surface area contributed by atoms with Gasteiger partial charge in [0.1, 0.15) is 11.6 Å². The van der Waals surface area contributed by atoms with E-state index in [1.54, 1.807) is 6.07 Å². The van der Waals surface area contributed by atoms with Gasteiger partial charge in [0.05, 0.1) is 0 Å². The van der Waals surface area contributed by atoms with E-state index in [4.69, 9.17) is 0 Å². The number of halogens is 1. The van der Waals surface area contributed by atoms with Crippen molar-refractivity contribution >= 4 is 0 Å². The van der Waals surface area contributed by atoms with Crippen molar-refractivity contribution in [2.45, 2.75) is 51.1 Å². The predicted octanol–water partition coefficient (Wildman–Crippen LogP) is 3.51. The van der Waals surface area contributed by atoms with Gasteiger partial charge >= 0.3 is 0 Å². The molecule has 2 rings (SSSR count). The van der Waals surface area contributed by atoms with Crippen molar-refractivity contribution in [3.63, 3.8) is 0 Å². The largest absolute Gasteiger partial charge is 0.508 e. The number of hydrogen-bond acceptors (Lipinski definition) is 2. The van der Waals surface area contributed by atoms with E-state index in [1.807, 2.05) is 6.92 Å². The molecule has 2 N–H and O–H groups in total. The average molecular weight is 237 g/mol. The number of phenolic OH excluding ortho intramolecular Hbond substituents is 1. The van der Waals surface area contributed by atoms with Gasteiger partial charge in [-0.3, -0.25) is 0 Å². The van der Waals surface area contributed by atoms with E-state index < -0.39 is 5.82 Å². The zero-order valence-corrected chi connectivity index (χ0v) is 10.2. The van der Waals surface area contributed by atoms with Crippen LogP contribution in [0.3, 0.4) is 0 Å². The second-order valence-electron chi connectivity index (χ2n) is 4.93. The van der Waals surface area contributed by atoms with Gasteiger partial charge in [0.25, 0.3) is 0 Å². The summed E-state index contributed by atoms with van der Waals surface area (Å²) in [6, 6.07) is 4.83. The number of hydrogen-bond donors (Lipinski definition) is 2. The van der Waals surface area contributed by atoms with Gasteiger partial charge in [-0.15, -0.1) is 0 Å². The maximum atomic E-state index is 12.9. The number of aromatic hydroxyl groups is 1. The molecule has 1 atom stereocenters. The fourth-order valence-electron chi connectivity index (χ4n) is 2.60. The van der Waals surface area contributed by atoms with Gasteiger partial charge in [-0.05, 0) is 25.8 Å². The molecule has 17 heavy (non-hydrogen) atoms. The maximum Gasteiger partial charge on any atom is 0.126 e. The first-order valence-electron chi connectivity index (χ1n) is 6.41. The molecule has 2 nitrogen and oxygen atoms in total. The molecule has 1 aromatic carbocycles. The van der Waals surface area contributed by atoms with Crippen LogP contribution in [-0.4, -0.2) is 11.1 Å². The van der Waals surface area contributed by atoms with Gasteiger partial charge < -0.3 is 10.4 Å². The summed E-state index contributed by atoms with van der Waals surface area (Å²) in [7, 11) is 0. The summed E-state index contributed by atoms with van der Waals surface area (Å²) >= 11 is 0. The van der Waals surface area contributed by atoms with Gasteiger partial charge in [0.2, 0.25) is 0 Å². The van der Waals surface area contributed by atoms with E-state index in [1.165, 1.54) is 44.2 Å². The van der Waals surface area contributed by atoms with Crippen LogP contribution >= 0.6 is 0 Å². The highest BCUT2D eigenvalue weighted by atomic mass is 19.1. The number of benzene rings is 1. The van der Waals surface area contributed by atoms with Crippen molar-refractivity contribution in [2.75, 3.05) is 0 Å². The smallest absolute Gasteiger partial charge is 0.126 e. The lowest BCUT2D eigenvalue weighted by Crippen LogP contribution is -2.33. The summed E-state index contributed by atoms with van der Waals surface area (Å²) in [6.45, 7) is 2.02. The molecule has 0 aromatic heterocycles. The SMILES string of the molecule is CC(NC1CCCCC1)c1ccc(F)cc1O. The second kappa shape index (κ2) is 5.50. The minimum Gasteiger partial charge on any atom is -0.508 e. The van der Waals surface area contributed by atoms with Crippen LogP contribution < -0.4 is 5.32 Å². The highest BCUT2D eigenvalue weighted by Gasteiger charge is 2.18. The molecule has 0 radical (unpaired) electrons. The van der Waals surface area contributed by atoms with Crippen molar-refractivity contribution in [3.8, 4) is 5.75 Å². The molecule has 1 unspecified atom stereocenters. The first-order valence-corrected chi connectivity index (χ1v) is 6.41. The van der Waals surface area contributed by atoms with Gasteiger partial charge in [0, 0.05) is 23.7 Å². The second-order valence-corrected chi connectivity index (χ2v) is 4.93. The van der Waals surface area contributed by atoms with Gasteiger partial charge in [-0.2, -0.15) is 0 Å². The lowest BCUT2D eigenvalue weighted by molar-refractivity contribution is 0.342. The summed E-state index contributed by atoms with van der Waals surface area (Å²) in [5.41, 5.74) is 0.775. The minimum atomic E-state index is -0.392. The number of rotatable bonds is 3. The van der Waals surface area contributed by atoms with Crippen LogP contribution in [0.15, 0.2) is 18.2 Å². The van der Waals surface area contributed by atoms with Crippen LogP contribution in [0.25, 0.3) is 0 Å². The Kier molecular flexibility index (Phi) is 4.00. The number of nitrogens with one attached hydrogen (secondary N) is 1. The first-order chi connectivity index (χ1) is 8.16. The van der Waals surface area contributed by atoms with E-state index in [0.717, 1.165) is 5.56 Å². The Morgan fingerprint density at radius 1 is 1.29 bits per heavy atom. The molecule has 0 heterocycles. The van der Waals surface area contributed by atoms with Crippen LogP contribution in [0.1, 0.15) is 50.6 Å². The molecule has 1 fully saturated rings. The Morgan fingerprint density at radius 3 is 2.65 bits per heavy atom. The molecule has 94 valence electrons. The van der Waals surface area contributed by atoms with Crippen molar-refractivity contribution < 1.29 is 9.50 Å². The minimum absolute atomic E-state index is 0.0424. The van der Waals surface area contributed by atoms with E-state index >= 15 is 0 Å². The first kappa shape index (κ1) is 12.4. The Bertz CT molecular complexity index is 374. The van der Waals surface area contributed by atoms with Gasteiger partial charge in [-0.25, -0.2) is 4.39 Å². The molecule has 1 aliphatic carbocycles. The quantitative estimate of drug-likeness (QED) is 0.843. The normalized spacial score (nSPS) is 19.2. The van der Waals surface area contributed by atoms with Crippen molar-refractivity contribution in [1.82, 2.24) is 5.32 Å². The highest BCUT2D eigenvalue weighted by Crippen LogP contribution is 2.27. The van der Waals surface area contributed by atoms with Crippen LogP contribution in [0, 0.1) is 5.82 Å². The summed E-state index contributed by atoms with van der Waals surface area (Å²) in [5.74, 6) is -0.350. The van der Waals surface area contributed by atoms with E-state index in [-0.39, 0.29) is 11.8 Å². The summed E-state index contributed by atoms with van der Waals surface area (Å²) < 4.78 is 12.9. The van der Waals surface area contributed by atoms with E-state index in [9.17, 15) is 9.50 Å². The molecule has 0 aliphatic heterocycles. The topological polar surface area (TPSA) is 32.3 Å². The van der Waals surface area contributed by atoms with Crippen molar-refractivity contribution in [2.24, 2.45) is 0 Å². The maximum absolute atomic E-state index is 12.9. The van der Waals surface area contributed by atoms with Crippen molar-refractivity contribution in [1.29, 1.82) is 0 Å². The molecule has 0 saturated heterocycles. The number of phenols is 1. The predicted molar refractivity (Wildman–Crippen MR) is 66.5 cm³/mol. The van der Waals surface area contributed by atoms with Gasteiger partial charge in [-0.1, -0.05) is 25.3 Å². The lowest BCUT2D eigenvalue weighted by atomic mass is 9.94. The third kappa shape index (κ3) is 3.19. The van der Waals surface area contributed by atoms with Crippen molar-refractivity contribution in [3.05, 3.63) is 29.6 Å². The average Bonchev–Trinajstić information content (AvgIpc) is 2.30. The molecule has 1 aliphatic rings. The highest BCUT2D eigenvalue weighted by molar-refractivity contribution is 5.34. The summed E-state index contributed by atoms with van der Waals surface area (Å²) in [4.78, 5) is 0. The molecular formula is C14H20FNO. The molecule has 0 bridgehead atoms. The fraction of sp³-hybridized carbons (Fsp3) is 0.571. The molecular weight excluding hydrogens is 217 g/mol. The third-order valence-corrected chi connectivity index (χ3v) is 3.55. The van der Waals surface area contributed by atoms with Crippen LogP contribution in [0.2, 0.25) is 0 Å². The Hall–Kier alpha value is -1.09. The summed E-state index contributed by atoms with van der Waals surface area (Å²) in [6.07, 6.45) is 6.28. The standard InChI is InChI=1S/C14H20FNO/c1-10(16-12-5-3-2-4-6-12)13-8-7-11(15)9-14(13)17/h7-10,12,16-17H,2-6H2,1H3. The van der Waals surface area contributed by atoms with E-state index in [2.05, 4.69) is 5.32 Å². The van der Waals surface area contributed by atoms with Crippen LogP contribution in [-0.2, 0) is 0 Å². The zero-order chi connectivity index (χ0) is 12.3. The monoisotopic (exact) mass is 237 g/mol. The molecule has 3 heteroatoms. The Labute approximate surface area is 102 Å². The van der Waals surface area contributed by atoms with E-state index in [0.29, 0.717) is 6.04 Å². The molecule has 1 saturated carbocycles. The summed E-state index contributed by atoms with van der Waals surface area (Å²) in [5, 5.41) is 13.2. The zero-order valence-electron chi connectivity index (χ0n) is 10.2. The Balaban J connectivity index is 2.00. The molecule has 1 aromatic rings. The fourth-order valence-corrected chi connectivity index (χ4v) is 2.60. The van der Waals surface area contributed by atoms with Crippen LogP contribution in [0.5, 0.6) is 5.75 Å². The third-order valence-electron chi connectivity index (χ3n) is 3.55. The Morgan fingerprint density at radius 2 is 2.00 bits per heavy atom. The van der Waals surface area contributed by atoms with Crippen LogP contribution in [0.4, 0.5) is 4.39 Å². The molecule has 0 amide bonds. The lowest BCUT2D eigenvalue weighted by Gasteiger charge is -2.27.